The number of benzene rings is 1. The van der Waals surface area contributed by atoms with E-state index in [1.54, 1.807) is 0 Å². The van der Waals surface area contributed by atoms with Gasteiger partial charge in [-0.3, -0.25) is 9.78 Å². The first-order valence-electron chi connectivity index (χ1n) is 5.45. The third kappa shape index (κ3) is 2.09. The number of nitriles is 2. The molecule has 98 valence electrons. The second-order valence-electron chi connectivity index (χ2n) is 3.96. The average molecular weight is 287 g/mol. The smallest absolute Gasteiger partial charge is 0.297 e. The van der Waals surface area contributed by atoms with Gasteiger partial charge in [-0.15, -0.1) is 0 Å². The van der Waals surface area contributed by atoms with E-state index in [2.05, 4.69) is 4.98 Å². The minimum atomic E-state index is -0.709. The van der Waals surface area contributed by atoms with Gasteiger partial charge in [0, 0.05) is 0 Å². The lowest BCUT2D eigenvalue weighted by molar-refractivity contribution is 0.859. The molecule has 20 heavy (non-hydrogen) atoms. The fraction of sp³-hybridized carbons (Fsp3) is 0.0769. The highest BCUT2D eigenvalue weighted by Crippen LogP contribution is 2.13. The Morgan fingerprint density at radius 3 is 2.45 bits per heavy atom. The maximum absolute atomic E-state index is 12.1. The van der Waals surface area contributed by atoms with Crippen LogP contribution in [0.2, 0.25) is 5.15 Å². The summed E-state index contributed by atoms with van der Waals surface area (Å²) in [5.74, 6) is 0. The molecular formula is C13H7ClN4O2. The average Bonchev–Trinajstić information content (AvgIpc) is 2.44. The predicted octanol–water partition coefficient (Wildman–Crippen LogP) is 1.23. The van der Waals surface area contributed by atoms with Gasteiger partial charge >= 0.3 is 5.69 Å². The molecule has 0 saturated heterocycles. The molecule has 7 heteroatoms. The number of rotatable bonds is 1. The fourth-order valence-corrected chi connectivity index (χ4v) is 1.85. The van der Waals surface area contributed by atoms with E-state index >= 15 is 0 Å². The molecule has 0 amide bonds. The van der Waals surface area contributed by atoms with Crippen LogP contribution in [0.3, 0.4) is 0 Å². The van der Waals surface area contributed by atoms with Crippen molar-refractivity contribution in [1.29, 1.82) is 10.5 Å². The Labute approximate surface area is 118 Å². The summed E-state index contributed by atoms with van der Waals surface area (Å²) >= 11 is 5.72. The molecule has 0 fully saturated rings. The zero-order valence-corrected chi connectivity index (χ0v) is 11.0. The Bertz CT molecular complexity index is 897. The van der Waals surface area contributed by atoms with Gasteiger partial charge in [-0.2, -0.15) is 10.5 Å². The molecule has 0 atom stereocenters. The number of nitrogens with one attached hydrogen (secondary N) is 1. The van der Waals surface area contributed by atoms with Gasteiger partial charge in [-0.05, 0) is 25.1 Å². The molecule has 0 saturated carbocycles. The quantitative estimate of drug-likeness (QED) is 0.796. The lowest BCUT2D eigenvalue weighted by Crippen LogP contribution is -2.35. The van der Waals surface area contributed by atoms with Crippen LogP contribution in [0.4, 0.5) is 0 Å². The normalized spacial score (nSPS) is 9.80. The number of H-pyrrole nitrogens is 1. The Balaban J connectivity index is 2.81. The second-order valence-corrected chi connectivity index (χ2v) is 4.34. The van der Waals surface area contributed by atoms with Crippen LogP contribution in [-0.2, 0) is 0 Å². The highest BCUT2D eigenvalue weighted by molar-refractivity contribution is 6.30. The molecule has 1 N–H and O–H groups in total. The van der Waals surface area contributed by atoms with E-state index in [4.69, 9.17) is 22.1 Å². The summed E-state index contributed by atoms with van der Waals surface area (Å²) in [6, 6.07) is 7.81. The van der Waals surface area contributed by atoms with Crippen LogP contribution < -0.4 is 11.2 Å². The number of halogens is 1. The van der Waals surface area contributed by atoms with Crippen molar-refractivity contribution in [3.63, 3.8) is 0 Å². The lowest BCUT2D eigenvalue weighted by atomic mass is 10.1. The van der Waals surface area contributed by atoms with Crippen molar-refractivity contribution >= 4 is 11.6 Å². The van der Waals surface area contributed by atoms with Gasteiger partial charge in [-0.25, -0.2) is 9.36 Å². The predicted molar refractivity (Wildman–Crippen MR) is 71.8 cm³/mol. The molecule has 0 aliphatic heterocycles. The molecule has 1 aromatic heterocycles. The molecular weight excluding hydrogens is 280 g/mol. The van der Waals surface area contributed by atoms with E-state index < -0.39 is 11.2 Å². The van der Waals surface area contributed by atoms with Crippen LogP contribution in [0.1, 0.15) is 16.7 Å². The second kappa shape index (κ2) is 5.04. The van der Waals surface area contributed by atoms with E-state index in [9.17, 15) is 9.59 Å². The SMILES string of the molecule is Cc1c(Cl)[nH]c(=O)n(-c2ccc(C#N)c(C#N)c2)c1=O. The molecule has 2 rings (SSSR count). The van der Waals surface area contributed by atoms with Crippen molar-refractivity contribution < 1.29 is 0 Å². The first kappa shape index (κ1) is 13.6. The summed E-state index contributed by atoms with van der Waals surface area (Å²) < 4.78 is 0.864. The van der Waals surface area contributed by atoms with Crippen LogP contribution >= 0.6 is 11.6 Å². The number of aromatic amines is 1. The van der Waals surface area contributed by atoms with E-state index in [1.807, 2.05) is 12.1 Å². The van der Waals surface area contributed by atoms with Crippen molar-refractivity contribution in [2.45, 2.75) is 6.92 Å². The Morgan fingerprint density at radius 2 is 1.85 bits per heavy atom. The van der Waals surface area contributed by atoms with Gasteiger partial charge in [-0.1, -0.05) is 11.6 Å². The number of hydrogen-bond donors (Lipinski definition) is 1. The molecule has 6 nitrogen and oxygen atoms in total. The van der Waals surface area contributed by atoms with Gasteiger partial charge < -0.3 is 0 Å². The largest absolute Gasteiger partial charge is 0.334 e. The Morgan fingerprint density at radius 1 is 1.20 bits per heavy atom. The van der Waals surface area contributed by atoms with Crippen LogP contribution in [0.15, 0.2) is 27.8 Å². The van der Waals surface area contributed by atoms with E-state index in [0.717, 1.165) is 4.57 Å². The third-order valence-corrected chi connectivity index (χ3v) is 3.15. The van der Waals surface area contributed by atoms with Crippen LogP contribution in [0.25, 0.3) is 5.69 Å². The van der Waals surface area contributed by atoms with E-state index in [0.29, 0.717) is 0 Å². The zero-order chi connectivity index (χ0) is 14.9. The minimum Gasteiger partial charge on any atom is -0.297 e. The van der Waals surface area contributed by atoms with Gasteiger partial charge in [0.2, 0.25) is 0 Å². The molecule has 0 spiro atoms. The molecule has 2 aromatic rings. The summed E-state index contributed by atoms with van der Waals surface area (Å²) in [7, 11) is 0. The number of hydrogen-bond acceptors (Lipinski definition) is 4. The molecule has 0 aliphatic carbocycles. The van der Waals surface area contributed by atoms with Gasteiger partial charge in [0.15, 0.2) is 0 Å². The lowest BCUT2D eigenvalue weighted by Gasteiger charge is -2.07. The minimum absolute atomic E-state index is 0.0228. The summed E-state index contributed by atoms with van der Waals surface area (Å²) in [6.07, 6.45) is 0. The zero-order valence-electron chi connectivity index (χ0n) is 10.3. The standard InChI is InChI=1S/C13H7ClN4O2/c1-7-11(14)17-13(20)18(12(7)19)10-3-2-8(5-15)9(4-10)6-16/h2-4H,1H3,(H,17,20). The maximum atomic E-state index is 12.1. The van der Waals surface area contributed by atoms with Crippen molar-refractivity contribution in [2.24, 2.45) is 0 Å². The number of nitrogens with zero attached hydrogens (tertiary/aromatic N) is 3. The van der Waals surface area contributed by atoms with Crippen molar-refractivity contribution in [2.75, 3.05) is 0 Å². The van der Waals surface area contributed by atoms with Crippen LogP contribution in [-0.4, -0.2) is 9.55 Å². The third-order valence-electron chi connectivity index (χ3n) is 2.78. The molecule has 1 heterocycles. The number of aromatic nitrogens is 2. The first-order valence-corrected chi connectivity index (χ1v) is 5.83. The topological polar surface area (TPSA) is 102 Å². The van der Waals surface area contributed by atoms with Gasteiger partial charge in [0.25, 0.3) is 5.56 Å². The molecule has 1 aromatic carbocycles. The Kier molecular flexibility index (Phi) is 3.43. The summed E-state index contributed by atoms with van der Waals surface area (Å²) in [5, 5.41) is 17.8. The van der Waals surface area contributed by atoms with Crippen LogP contribution in [0, 0.1) is 29.6 Å². The van der Waals surface area contributed by atoms with Gasteiger partial charge in [0.05, 0.1) is 22.4 Å². The van der Waals surface area contributed by atoms with E-state index in [-0.39, 0.29) is 27.5 Å². The molecule has 0 radical (unpaired) electrons. The van der Waals surface area contributed by atoms with Crippen molar-refractivity contribution in [3.05, 3.63) is 60.9 Å². The highest BCUT2D eigenvalue weighted by Gasteiger charge is 2.12. The van der Waals surface area contributed by atoms with Crippen molar-refractivity contribution in [1.82, 2.24) is 9.55 Å². The molecule has 0 aliphatic rings. The monoisotopic (exact) mass is 286 g/mol. The molecule has 0 unspecified atom stereocenters. The van der Waals surface area contributed by atoms with E-state index in [1.165, 1.54) is 25.1 Å². The summed E-state index contributed by atoms with van der Waals surface area (Å²) in [5.41, 5.74) is -0.637. The summed E-state index contributed by atoms with van der Waals surface area (Å²) in [4.78, 5) is 26.3. The highest BCUT2D eigenvalue weighted by atomic mass is 35.5. The fourth-order valence-electron chi connectivity index (χ4n) is 1.69. The van der Waals surface area contributed by atoms with Gasteiger partial charge in [0.1, 0.15) is 17.3 Å². The summed E-state index contributed by atoms with van der Waals surface area (Å²) in [6.45, 7) is 1.48. The molecule has 0 bridgehead atoms. The first-order chi connectivity index (χ1) is 9.49. The maximum Gasteiger partial charge on any atom is 0.334 e. The van der Waals surface area contributed by atoms with Crippen LogP contribution in [0.5, 0.6) is 0 Å². The Hall–Kier alpha value is -2.83. The van der Waals surface area contributed by atoms with Crippen molar-refractivity contribution in [3.8, 4) is 17.8 Å².